The number of carbonyl (C=O) groups excluding carboxylic acids is 1. The lowest BCUT2D eigenvalue weighted by Crippen LogP contribution is -2.29. The number of amides is 1. The van der Waals surface area contributed by atoms with Crippen molar-refractivity contribution in [2.24, 2.45) is 0 Å². The van der Waals surface area contributed by atoms with E-state index in [-0.39, 0.29) is 5.91 Å². The third kappa shape index (κ3) is 6.08. The lowest BCUT2D eigenvalue weighted by molar-refractivity contribution is -0.116. The fourth-order valence-electron chi connectivity index (χ4n) is 2.00. The van der Waals surface area contributed by atoms with Crippen LogP contribution in [0.25, 0.3) is 0 Å². The van der Waals surface area contributed by atoms with Crippen LogP contribution in [0, 0.1) is 0 Å². The van der Waals surface area contributed by atoms with Crippen LogP contribution in [0.5, 0.6) is 0 Å². The number of carbonyl (C=O) groups is 1. The monoisotopic (exact) mass is 282 g/mol. The van der Waals surface area contributed by atoms with Gasteiger partial charge >= 0.3 is 0 Å². The highest BCUT2D eigenvalue weighted by Crippen LogP contribution is 2.20. The van der Waals surface area contributed by atoms with E-state index in [0.717, 1.165) is 32.5 Å². The molecule has 1 aromatic rings. The molecule has 0 saturated heterocycles. The molecule has 0 aliphatic carbocycles. The van der Waals surface area contributed by atoms with Crippen LogP contribution >= 0.6 is 11.6 Å². The van der Waals surface area contributed by atoms with Gasteiger partial charge in [-0.05, 0) is 38.1 Å². The largest absolute Gasteiger partial charge is 0.325 e. The lowest BCUT2D eigenvalue weighted by Gasteiger charge is -2.20. The van der Waals surface area contributed by atoms with E-state index in [1.807, 2.05) is 18.2 Å². The van der Waals surface area contributed by atoms with E-state index in [4.69, 9.17) is 11.6 Å². The Bertz CT molecular complexity index is 389. The van der Waals surface area contributed by atoms with Crippen LogP contribution in [0.3, 0.4) is 0 Å². The Morgan fingerprint density at radius 1 is 1.16 bits per heavy atom. The molecular weight excluding hydrogens is 260 g/mol. The molecule has 1 amide bonds. The molecule has 106 valence electrons. The van der Waals surface area contributed by atoms with Gasteiger partial charge in [-0.2, -0.15) is 0 Å². The third-order valence-electron chi connectivity index (χ3n) is 2.88. The van der Waals surface area contributed by atoms with Crippen LogP contribution in [0.15, 0.2) is 24.3 Å². The van der Waals surface area contributed by atoms with Crippen molar-refractivity contribution in [3.05, 3.63) is 29.3 Å². The first-order chi connectivity index (χ1) is 9.17. The molecule has 0 aliphatic rings. The van der Waals surface area contributed by atoms with Crippen molar-refractivity contribution in [2.75, 3.05) is 25.0 Å². The van der Waals surface area contributed by atoms with Crippen molar-refractivity contribution >= 4 is 23.2 Å². The second-order valence-corrected chi connectivity index (χ2v) is 5.03. The molecule has 0 radical (unpaired) electrons. The molecule has 0 unspecified atom stereocenters. The molecule has 0 bridgehead atoms. The highest BCUT2D eigenvalue weighted by molar-refractivity contribution is 6.33. The Morgan fingerprint density at radius 3 is 2.37 bits per heavy atom. The van der Waals surface area contributed by atoms with Crippen LogP contribution in [0.1, 0.15) is 33.1 Å². The van der Waals surface area contributed by atoms with Crippen molar-refractivity contribution in [1.29, 1.82) is 0 Å². The number of para-hydroxylation sites is 1. The minimum Gasteiger partial charge on any atom is -0.325 e. The Labute approximate surface area is 120 Å². The van der Waals surface area contributed by atoms with Gasteiger partial charge in [-0.3, -0.25) is 4.79 Å². The highest BCUT2D eigenvalue weighted by Gasteiger charge is 2.08. The van der Waals surface area contributed by atoms with Gasteiger partial charge in [-0.15, -0.1) is 0 Å². The number of benzene rings is 1. The summed E-state index contributed by atoms with van der Waals surface area (Å²) < 4.78 is 0. The number of rotatable bonds is 8. The van der Waals surface area contributed by atoms with Gasteiger partial charge in [0.2, 0.25) is 5.91 Å². The molecule has 1 N–H and O–H groups in total. The van der Waals surface area contributed by atoms with Crippen LogP contribution < -0.4 is 5.32 Å². The molecule has 3 nitrogen and oxygen atoms in total. The van der Waals surface area contributed by atoms with E-state index in [2.05, 4.69) is 24.1 Å². The van der Waals surface area contributed by atoms with Gasteiger partial charge in [0.1, 0.15) is 0 Å². The summed E-state index contributed by atoms with van der Waals surface area (Å²) in [5, 5.41) is 3.43. The Hall–Kier alpha value is -1.06. The molecule has 1 rings (SSSR count). The Balaban J connectivity index is 2.40. The molecular formula is C15H23ClN2O. The van der Waals surface area contributed by atoms with Gasteiger partial charge in [-0.1, -0.05) is 37.6 Å². The van der Waals surface area contributed by atoms with E-state index in [1.54, 1.807) is 6.07 Å². The molecule has 0 heterocycles. The topological polar surface area (TPSA) is 32.3 Å². The molecule has 0 spiro atoms. The fourth-order valence-corrected chi connectivity index (χ4v) is 2.19. The van der Waals surface area contributed by atoms with Crippen LogP contribution in [-0.2, 0) is 4.79 Å². The smallest absolute Gasteiger partial charge is 0.225 e. The molecule has 1 aromatic carbocycles. The predicted octanol–water partition coefficient (Wildman–Crippen LogP) is 3.79. The Kier molecular flexibility index (Phi) is 7.53. The third-order valence-corrected chi connectivity index (χ3v) is 3.21. The number of halogens is 1. The fraction of sp³-hybridized carbons (Fsp3) is 0.533. The maximum atomic E-state index is 11.9. The van der Waals surface area contributed by atoms with E-state index < -0.39 is 0 Å². The molecule has 0 aromatic heterocycles. The molecule has 19 heavy (non-hydrogen) atoms. The van der Waals surface area contributed by atoms with E-state index in [0.29, 0.717) is 17.1 Å². The zero-order valence-corrected chi connectivity index (χ0v) is 12.5. The number of nitrogens with one attached hydrogen (secondary N) is 1. The summed E-state index contributed by atoms with van der Waals surface area (Å²) >= 11 is 6.01. The van der Waals surface area contributed by atoms with Crippen molar-refractivity contribution < 1.29 is 4.79 Å². The predicted molar refractivity (Wildman–Crippen MR) is 81.7 cm³/mol. The maximum absolute atomic E-state index is 11.9. The molecule has 4 heteroatoms. The summed E-state index contributed by atoms with van der Waals surface area (Å²) in [5.74, 6) is 0.0188. The SMILES string of the molecule is CCCN(CCC)CCC(=O)Nc1ccccc1Cl. The summed E-state index contributed by atoms with van der Waals surface area (Å²) in [4.78, 5) is 14.2. The van der Waals surface area contributed by atoms with Crippen molar-refractivity contribution in [2.45, 2.75) is 33.1 Å². The Morgan fingerprint density at radius 2 is 1.79 bits per heavy atom. The number of hydrogen-bond donors (Lipinski definition) is 1. The summed E-state index contributed by atoms with van der Waals surface area (Å²) in [7, 11) is 0. The first-order valence-electron chi connectivity index (χ1n) is 6.94. The highest BCUT2D eigenvalue weighted by atomic mass is 35.5. The minimum atomic E-state index is 0.0188. The van der Waals surface area contributed by atoms with Crippen molar-refractivity contribution in [3.8, 4) is 0 Å². The van der Waals surface area contributed by atoms with Gasteiger partial charge in [0, 0.05) is 13.0 Å². The molecule has 0 saturated carbocycles. The standard InChI is InChI=1S/C15H23ClN2O/c1-3-10-18(11-4-2)12-9-15(19)17-14-8-6-5-7-13(14)16/h5-8H,3-4,9-12H2,1-2H3,(H,17,19). The first kappa shape index (κ1) is 16.0. The van der Waals surface area contributed by atoms with E-state index in [1.165, 1.54) is 0 Å². The number of nitrogens with zero attached hydrogens (tertiary/aromatic N) is 1. The van der Waals surface area contributed by atoms with Crippen LogP contribution in [0.2, 0.25) is 5.02 Å². The lowest BCUT2D eigenvalue weighted by atomic mass is 10.3. The van der Waals surface area contributed by atoms with Gasteiger partial charge in [0.15, 0.2) is 0 Å². The van der Waals surface area contributed by atoms with Crippen molar-refractivity contribution in [1.82, 2.24) is 4.90 Å². The van der Waals surface area contributed by atoms with Crippen LogP contribution in [-0.4, -0.2) is 30.4 Å². The normalized spacial score (nSPS) is 10.7. The molecule has 0 aliphatic heterocycles. The maximum Gasteiger partial charge on any atom is 0.225 e. The van der Waals surface area contributed by atoms with E-state index >= 15 is 0 Å². The van der Waals surface area contributed by atoms with Crippen molar-refractivity contribution in [3.63, 3.8) is 0 Å². The average molecular weight is 283 g/mol. The minimum absolute atomic E-state index is 0.0188. The first-order valence-corrected chi connectivity index (χ1v) is 7.31. The van der Waals surface area contributed by atoms with Gasteiger partial charge in [0.05, 0.1) is 10.7 Å². The number of anilines is 1. The zero-order chi connectivity index (χ0) is 14.1. The second-order valence-electron chi connectivity index (χ2n) is 4.62. The summed E-state index contributed by atoms with van der Waals surface area (Å²) in [6.07, 6.45) is 2.74. The van der Waals surface area contributed by atoms with Gasteiger partial charge < -0.3 is 10.2 Å². The van der Waals surface area contributed by atoms with Crippen LogP contribution in [0.4, 0.5) is 5.69 Å². The summed E-state index contributed by atoms with van der Waals surface area (Å²) in [5.41, 5.74) is 0.687. The molecule has 0 atom stereocenters. The van der Waals surface area contributed by atoms with E-state index in [9.17, 15) is 4.79 Å². The van der Waals surface area contributed by atoms with Gasteiger partial charge in [-0.25, -0.2) is 0 Å². The number of hydrogen-bond acceptors (Lipinski definition) is 2. The summed E-state index contributed by atoms with van der Waals surface area (Å²) in [6.45, 7) is 7.22. The molecule has 0 fully saturated rings. The summed E-state index contributed by atoms with van der Waals surface area (Å²) in [6, 6.07) is 7.30. The van der Waals surface area contributed by atoms with Gasteiger partial charge in [0.25, 0.3) is 0 Å². The quantitative estimate of drug-likeness (QED) is 0.787. The average Bonchev–Trinajstić information content (AvgIpc) is 2.39. The second kappa shape index (κ2) is 8.94. The zero-order valence-electron chi connectivity index (χ0n) is 11.8.